The van der Waals surface area contributed by atoms with Crippen LogP contribution in [0.5, 0.6) is 0 Å². The van der Waals surface area contributed by atoms with Crippen LogP contribution >= 0.6 is 0 Å². The van der Waals surface area contributed by atoms with Crippen molar-refractivity contribution in [3.63, 3.8) is 0 Å². The van der Waals surface area contributed by atoms with E-state index in [1.165, 1.54) is 12.1 Å². The molecular weight excluding hydrogens is 274 g/mol. The quantitative estimate of drug-likeness (QED) is 0.662. The molecule has 7 heteroatoms. The first-order valence-corrected chi connectivity index (χ1v) is 7.00. The van der Waals surface area contributed by atoms with E-state index >= 15 is 0 Å². The smallest absolute Gasteiger partial charge is 0.269 e. The maximum atomic E-state index is 12.1. The predicted molar refractivity (Wildman–Crippen MR) is 74.5 cm³/mol. The molecule has 2 unspecified atom stereocenters. The van der Waals surface area contributed by atoms with E-state index < -0.39 is 4.92 Å². The number of nitro groups is 1. The first-order chi connectivity index (χ1) is 10.1. The summed E-state index contributed by atoms with van der Waals surface area (Å²) in [6.45, 7) is 2.30. The largest absolute Gasteiger partial charge is 0.381 e. The molecule has 0 bridgehead atoms. The van der Waals surface area contributed by atoms with Crippen LogP contribution in [0.2, 0.25) is 0 Å². The van der Waals surface area contributed by atoms with Crippen LogP contribution in [0, 0.1) is 16.0 Å². The molecule has 0 saturated carbocycles. The van der Waals surface area contributed by atoms with E-state index in [1.807, 2.05) is 0 Å². The van der Waals surface area contributed by atoms with Gasteiger partial charge in [-0.05, 0) is 12.0 Å². The number of hydrogen-bond acceptors (Lipinski definition) is 5. The Morgan fingerprint density at radius 3 is 3.05 bits per heavy atom. The van der Waals surface area contributed by atoms with Crippen LogP contribution in [0.1, 0.15) is 18.2 Å². The highest BCUT2D eigenvalue weighted by molar-refractivity contribution is 5.81. The predicted octanol–water partition coefficient (Wildman–Crippen LogP) is 1.06. The van der Waals surface area contributed by atoms with Gasteiger partial charge < -0.3 is 9.64 Å². The summed E-state index contributed by atoms with van der Waals surface area (Å²) in [6, 6.07) is 6.43. The molecule has 0 radical (unpaired) electrons. The summed E-state index contributed by atoms with van der Waals surface area (Å²) in [6.07, 6.45) is 0.656. The van der Waals surface area contributed by atoms with E-state index in [0.717, 1.165) is 18.6 Å². The third kappa shape index (κ3) is 2.88. The van der Waals surface area contributed by atoms with Crippen LogP contribution in [0.25, 0.3) is 0 Å². The van der Waals surface area contributed by atoms with E-state index in [-0.39, 0.29) is 24.3 Å². The van der Waals surface area contributed by atoms with Gasteiger partial charge >= 0.3 is 0 Å². The first-order valence-electron chi connectivity index (χ1n) is 7.00. The number of amides is 1. The third-order valence-corrected chi connectivity index (χ3v) is 3.95. The van der Waals surface area contributed by atoms with Crippen molar-refractivity contribution in [2.24, 2.45) is 5.92 Å². The lowest BCUT2D eigenvalue weighted by molar-refractivity contribution is -0.385. The van der Waals surface area contributed by atoms with Crippen molar-refractivity contribution >= 4 is 11.6 Å². The average Bonchev–Trinajstić information content (AvgIpc) is 3.11. The topological polar surface area (TPSA) is 84.7 Å². The third-order valence-electron chi connectivity index (χ3n) is 3.95. The lowest BCUT2D eigenvalue weighted by Crippen LogP contribution is -2.35. The van der Waals surface area contributed by atoms with Crippen molar-refractivity contribution in [1.82, 2.24) is 10.2 Å². The lowest BCUT2D eigenvalue weighted by Gasteiger charge is -2.26. The molecule has 21 heavy (non-hydrogen) atoms. The van der Waals surface area contributed by atoms with Gasteiger partial charge in [-0.15, -0.1) is 0 Å². The van der Waals surface area contributed by atoms with Gasteiger partial charge in [-0.25, -0.2) is 0 Å². The van der Waals surface area contributed by atoms with Gasteiger partial charge in [-0.2, -0.15) is 0 Å². The number of rotatable bonds is 4. The molecule has 112 valence electrons. The van der Waals surface area contributed by atoms with Crippen LogP contribution < -0.4 is 5.32 Å². The lowest BCUT2D eigenvalue weighted by atomic mass is 10.1. The molecule has 2 atom stereocenters. The Bertz CT molecular complexity index is 557. The van der Waals surface area contributed by atoms with Crippen molar-refractivity contribution in [1.29, 1.82) is 0 Å². The minimum atomic E-state index is -0.421. The average molecular weight is 291 g/mol. The molecule has 3 rings (SSSR count). The van der Waals surface area contributed by atoms with Crippen LogP contribution in [-0.2, 0) is 9.53 Å². The molecular formula is C14H17N3O4. The van der Waals surface area contributed by atoms with E-state index in [0.29, 0.717) is 19.1 Å². The molecule has 2 aliphatic heterocycles. The number of nitrogens with zero attached hydrogens (tertiary/aromatic N) is 2. The van der Waals surface area contributed by atoms with Crippen molar-refractivity contribution in [3.05, 3.63) is 39.9 Å². The van der Waals surface area contributed by atoms with Gasteiger partial charge in [0.1, 0.15) is 6.17 Å². The van der Waals surface area contributed by atoms with E-state index in [2.05, 4.69) is 5.32 Å². The molecule has 2 fully saturated rings. The summed E-state index contributed by atoms with van der Waals surface area (Å²) in [4.78, 5) is 24.3. The number of nitrogens with one attached hydrogen (secondary N) is 1. The molecule has 2 saturated heterocycles. The van der Waals surface area contributed by atoms with Crippen LogP contribution in [0.3, 0.4) is 0 Å². The van der Waals surface area contributed by atoms with Crippen LogP contribution in [-0.4, -0.2) is 42.0 Å². The summed E-state index contributed by atoms with van der Waals surface area (Å²) in [5, 5.41) is 14.0. The molecule has 1 aromatic rings. The number of carbonyl (C=O) groups is 1. The normalized spacial score (nSPS) is 25.5. The Kier molecular flexibility index (Phi) is 3.85. The van der Waals surface area contributed by atoms with Crippen molar-refractivity contribution in [2.75, 3.05) is 26.3 Å². The summed E-state index contributed by atoms with van der Waals surface area (Å²) in [5.41, 5.74) is 0.784. The van der Waals surface area contributed by atoms with E-state index in [1.54, 1.807) is 17.0 Å². The number of carbonyl (C=O) groups excluding carboxylic acids is 1. The molecule has 2 heterocycles. The standard InChI is InChI=1S/C14H17N3O4/c18-13-7-15-14(16(13)8-10-4-5-21-9-10)11-2-1-3-12(6-11)17(19)20/h1-3,6,10,14-15H,4-5,7-9H2. The maximum absolute atomic E-state index is 12.1. The molecule has 7 nitrogen and oxygen atoms in total. The fraction of sp³-hybridized carbons (Fsp3) is 0.500. The number of benzene rings is 1. The van der Waals surface area contributed by atoms with Gasteiger partial charge in [-0.3, -0.25) is 20.2 Å². The number of nitro benzene ring substituents is 1. The highest BCUT2D eigenvalue weighted by Crippen LogP contribution is 2.27. The number of ether oxygens (including phenoxy) is 1. The molecule has 0 aromatic heterocycles. The van der Waals surface area contributed by atoms with Gasteiger partial charge in [0, 0.05) is 31.2 Å². The van der Waals surface area contributed by atoms with Crippen LogP contribution in [0.15, 0.2) is 24.3 Å². The highest BCUT2D eigenvalue weighted by Gasteiger charge is 2.34. The second-order valence-electron chi connectivity index (χ2n) is 5.41. The number of non-ortho nitro benzene ring substituents is 1. The molecule has 0 spiro atoms. The van der Waals surface area contributed by atoms with Gasteiger partial charge in [0.2, 0.25) is 5.91 Å². The van der Waals surface area contributed by atoms with E-state index in [4.69, 9.17) is 4.74 Å². The Morgan fingerprint density at radius 2 is 2.33 bits per heavy atom. The van der Waals surface area contributed by atoms with Gasteiger partial charge in [0.05, 0.1) is 18.1 Å². The van der Waals surface area contributed by atoms with E-state index in [9.17, 15) is 14.9 Å². The fourth-order valence-corrected chi connectivity index (χ4v) is 2.86. The fourth-order valence-electron chi connectivity index (χ4n) is 2.86. The zero-order valence-corrected chi connectivity index (χ0v) is 11.5. The number of hydrogen-bond donors (Lipinski definition) is 1. The molecule has 1 amide bonds. The summed E-state index contributed by atoms with van der Waals surface area (Å²) < 4.78 is 5.35. The minimum Gasteiger partial charge on any atom is -0.381 e. The van der Waals surface area contributed by atoms with Crippen LogP contribution in [0.4, 0.5) is 5.69 Å². The molecule has 2 aliphatic rings. The van der Waals surface area contributed by atoms with Crippen molar-refractivity contribution in [2.45, 2.75) is 12.6 Å². The Hall–Kier alpha value is -1.99. The van der Waals surface area contributed by atoms with Crippen molar-refractivity contribution in [3.8, 4) is 0 Å². The molecule has 0 aliphatic carbocycles. The Labute approximate surface area is 122 Å². The molecule has 1 N–H and O–H groups in total. The zero-order chi connectivity index (χ0) is 14.8. The first kappa shape index (κ1) is 14.0. The monoisotopic (exact) mass is 291 g/mol. The SMILES string of the molecule is O=C1CNC(c2cccc([N+](=O)[O-])c2)N1CC1CCOC1. The summed E-state index contributed by atoms with van der Waals surface area (Å²) in [5.74, 6) is 0.369. The molecule has 1 aromatic carbocycles. The second-order valence-corrected chi connectivity index (χ2v) is 5.41. The van der Waals surface area contributed by atoms with Gasteiger partial charge in [0.15, 0.2) is 0 Å². The highest BCUT2D eigenvalue weighted by atomic mass is 16.6. The summed E-state index contributed by atoms with van der Waals surface area (Å²) >= 11 is 0. The zero-order valence-electron chi connectivity index (χ0n) is 11.5. The summed E-state index contributed by atoms with van der Waals surface area (Å²) in [7, 11) is 0. The minimum absolute atomic E-state index is 0.0263. The Morgan fingerprint density at radius 1 is 1.48 bits per heavy atom. The maximum Gasteiger partial charge on any atom is 0.269 e. The Balaban J connectivity index is 1.80. The van der Waals surface area contributed by atoms with Gasteiger partial charge in [-0.1, -0.05) is 12.1 Å². The second kappa shape index (κ2) is 5.79. The van der Waals surface area contributed by atoms with Gasteiger partial charge in [0.25, 0.3) is 5.69 Å². The van der Waals surface area contributed by atoms with Crippen molar-refractivity contribution < 1.29 is 14.5 Å².